The third-order valence-electron chi connectivity index (χ3n) is 3.42. The summed E-state index contributed by atoms with van der Waals surface area (Å²) >= 11 is 1.78. The van der Waals surface area contributed by atoms with E-state index in [9.17, 15) is 4.79 Å². The number of nitrogens with zero attached hydrogens (tertiary/aromatic N) is 1. The zero-order valence-corrected chi connectivity index (χ0v) is 13.3. The zero-order chi connectivity index (χ0) is 11.5. The van der Waals surface area contributed by atoms with Crippen molar-refractivity contribution in [3.63, 3.8) is 0 Å². The minimum Gasteiger partial charge on any atom is -0.353 e. The first-order valence-electron chi connectivity index (χ1n) is 5.99. The van der Waals surface area contributed by atoms with E-state index in [-0.39, 0.29) is 36.8 Å². The van der Waals surface area contributed by atoms with Crippen LogP contribution in [0.2, 0.25) is 0 Å². The fraction of sp³-hybridized carbons (Fsp3) is 0.909. The molecule has 1 amide bonds. The summed E-state index contributed by atoms with van der Waals surface area (Å²) in [5, 5.41) is 6.21. The van der Waals surface area contributed by atoms with Gasteiger partial charge in [0, 0.05) is 30.3 Å². The zero-order valence-electron chi connectivity index (χ0n) is 10.8. The first-order valence-corrected chi connectivity index (χ1v) is 7.14. The average molecular weight is 316 g/mol. The Morgan fingerprint density at radius 2 is 2.17 bits per heavy atom. The highest BCUT2D eigenvalue weighted by molar-refractivity contribution is 7.99. The van der Waals surface area contributed by atoms with Gasteiger partial charge in [-0.15, -0.1) is 36.6 Å². The Morgan fingerprint density at radius 3 is 2.67 bits per heavy atom. The molecule has 0 aromatic heterocycles. The molecule has 2 N–H and O–H groups in total. The number of halogens is 2. The Morgan fingerprint density at radius 1 is 1.50 bits per heavy atom. The van der Waals surface area contributed by atoms with Gasteiger partial charge >= 0.3 is 0 Å². The molecule has 2 rings (SSSR count). The molecule has 4 nitrogen and oxygen atoms in total. The minimum absolute atomic E-state index is 0. The van der Waals surface area contributed by atoms with Crippen molar-refractivity contribution in [3.05, 3.63) is 0 Å². The summed E-state index contributed by atoms with van der Waals surface area (Å²) in [6.07, 6.45) is 2.63. The van der Waals surface area contributed by atoms with Gasteiger partial charge in [-0.3, -0.25) is 15.0 Å². The van der Waals surface area contributed by atoms with Crippen molar-refractivity contribution < 1.29 is 4.79 Å². The maximum atomic E-state index is 11.8. The van der Waals surface area contributed by atoms with Gasteiger partial charge in [-0.2, -0.15) is 0 Å². The van der Waals surface area contributed by atoms with Crippen LogP contribution in [0.5, 0.6) is 0 Å². The fourth-order valence-electron chi connectivity index (χ4n) is 1.92. The summed E-state index contributed by atoms with van der Waals surface area (Å²) in [5.74, 6) is 1.95. The third kappa shape index (κ3) is 5.13. The topological polar surface area (TPSA) is 44.4 Å². The quantitative estimate of drug-likeness (QED) is 0.797. The lowest BCUT2D eigenvalue weighted by Gasteiger charge is -2.25. The summed E-state index contributed by atoms with van der Waals surface area (Å²) in [6.45, 7) is 2.93. The van der Waals surface area contributed by atoms with Crippen LogP contribution in [0.25, 0.3) is 0 Å². The molecule has 0 aromatic rings. The van der Waals surface area contributed by atoms with E-state index >= 15 is 0 Å². The molecule has 1 saturated heterocycles. The van der Waals surface area contributed by atoms with Gasteiger partial charge < -0.3 is 5.32 Å². The summed E-state index contributed by atoms with van der Waals surface area (Å²) in [6, 6.07) is 1.21. The van der Waals surface area contributed by atoms with Crippen molar-refractivity contribution in [1.29, 1.82) is 0 Å². The van der Waals surface area contributed by atoms with Crippen LogP contribution in [0.15, 0.2) is 0 Å². The lowest BCUT2D eigenvalue weighted by molar-refractivity contribution is -0.122. The smallest absolute Gasteiger partial charge is 0.238 e. The molecule has 2 atom stereocenters. The standard InChI is InChI=1S/C11H21N3OS.2ClH/c1-8(14(2)9-3-4-9)5-12-11(15)10-6-16-7-13-10;;/h8-10,13H,3-7H2,1-2H3,(H,12,15);2*1H. The first kappa shape index (κ1) is 18.3. The van der Waals surface area contributed by atoms with Crippen molar-refractivity contribution in [3.8, 4) is 0 Å². The SMILES string of the molecule is CC(CNC(=O)C1CSCN1)N(C)C1CC1.Cl.Cl. The van der Waals surface area contributed by atoms with Gasteiger partial charge in [-0.05, 0) is 26.8 Å². The van der Waals surface area contributed by atoms with Crippen LogP contribution in [0.4, 0.5) is 0 Å². The van der Waals surface area contributed by atoms with Crippen LogP contribution in [0, 0.1) is 0 Å². The van der Waals surface area contributed by atoms with E-state index in [1.165, 1.54) is 12.8 Å². The first-order chi connectivity index (χ1) is 7.68. The van der Waals surface area contributed by atoms with E-state index in [1.54, 1.807) is 11.8 Å². The largest absolute Gasteiger partial charge is 0.353 e. The van der Waals surface area contributed by atoms with E-state index in [0.717, 1.165) is 24.2 Å². The normalized spacial score (nSPS) is 24.1. The van der Waals surface area contributed by atoms with Crippen LogP contribution in [0.1, 0.15) is 19.8 Å². The molecule has 0 aromatic carbocycles. The molecular weight excluding hydrogens is 293 g/mol. The maximum absolute atomic E-state index is 11.8. The Hall–Kier alpha value is 0.320. The van der Waals surface area contributed by atoms with Crippen LogP contribution in [0.3, 0.4) is 0 Å². The number of nitrogens with one attached hydrogen (secondary N) is 2. The summed E-state index contributed by atoms with van der Waals surface area (Å²) in [5.41, 5.74) is 0. The van der Waals surface area contributed by atoms with Gasteiger partial charge in [0.25, 0.3) is 0 Å². The number of hydrogen-bond donors (Lipinski definition) is 2. The van der Waals surface area contributed by atoms with Gasteiger partial charge in [-0.1, -0.05) is 0 Å². The molecule has 1 aliphatic carbocycles. The van der Waals surface area contributed by atoms with Crippen LogP contribution in [-0.2, 0) is 4.79 Å². The number of carbonyl (C=O) groups is 1. The second kappa shape index (κ2) is 8.48. The van der Waals surface area contributed by atoms with Crippen LogP contribution >= 0.6 is 36.6 Å². The molecule has 1 heterocycles. The van der Waals surface area contributed by atoms with Crippen LogP contribution < -0.4 is 10.6 Å². The van der Waals surface area contributed by atoms with Crippen molar-refractivity contribution in [2.75, 3.05) is 25.2 Å². The molecule has 1 saturated carbocycles. The molecular formula is C11H23Cl2N3OS. The second-order valence-corrected chi connectivity index (χ2v) is 5.79. The Kier molecular flexibility index (Phi) is 8.63. The lowest BCUT2D eigenvalue weighted by Crippen LogP contribution is -2.47. The molecule has 0 radical (unpaired) electrons. The molecule has 18 heavy (non-hydrogen) atoms. The fourth-order valence-corrected chi connectivity index (χ4v) is 2.86. The molecule has 108 valence electrons. The Balaban J connectivity index is 0.00000144. The molecule has 1 aliphatic heterocycles. The maximum Gasteiger partial charge on any atom is 0.238 e. The van der Waals surface area contributed by atoms with Gasteiger partial charge in [0.15, 0.2) is 0 Å². The highest BCUT2D eigenvalue weighted by Crippen LogP contribution is 2.26. The van der Waals surface area contributed by atoms with Gasteiger partial charge in [0.1, 0.15) is 0 Å². The number of likely N-dealkylation sites (N-methyl/N-ethyl adjacent to an activating group) is 1. The van der Waals surface area contributed by atoms with Crippen molar-refractivity contribution >= 4 is 42.5 Å². The summed E-state index contributed by atoms with van der Waals surface area (Å²) < 4.78 is 0. The van der Waals surface area contributed by atoms with Crippen molar-refractivity contribution in [1.82, 2.24) is 15.5 Å². The van der Waals surface area contributed by atoms with E-state index in [2.05, 4.69) is 29.5 Å². The third-order valence-corrected chi connectivity index (χ3v) is 4.36. The monoisotopic (exact) mass is 315 g/mol. The molecule has 2 fully saturated rings. The number of carbonyl (C=O) groups excluding carboxylic acids is 1. The molecule has 0 spiro atoms. The highest BCUT2D eigenvalue weighted by atomic mass is 35.5. The highest BCUT2D eigenvalue weighted by Gasteiger charge is 2.29. The van der Waals surface area contributed by atoms with Gasteiger partial charge in [0.2, 0.25) is 5.91 Å². The number of amides is 1. The molecule has 0 bridgehead atoms. The molecule has 7 heteroatoms. The summed E-state index contributed by atoms with van der Waals surface area (Å²) in [7, 11) is 2.15. The van der Waals surface area contributed by atoms with E-state index in [4.69, 9.17) is 0 Å². The Bertz CT molecular complexity index is 261. The average Bonchev–Trinajstić information content (AvgIpc) is 2.99. The number of rotatable bonds is 5. The second-order valence-electron chi connectivity index (χ2n) is 4.76. The van der Waals surface area contributed by atoms with E-state index in [1.807, 2.05) is 0 Å². The van der Waals surface area contributed by atoms with E-state index < -0.39 is 0 Å². The minimum atomic E-state index is 0. The predicted octanol–water partition coefficient (Wildman–Crippen LogP) is 1.09. The molecule has 2 unspecified atom stereocenters. The summed E-state index contributed by atoms with van der Waals surface area (Å²) in [4.78, 5) is 14.1. The van der Waals surface area contributed by atoms with Crippen molar-refractivity contribution in [2.24, 2.45) is 0 Å². The van der Waals surface area contributed by atoms with Crippen LogP contribution in [-0.4, -0.2) is 54.2 Å². The molecule has 2 aliphatic rings. The van der Waals surface area contributed by atoms with Gasteiger partial charge in [0.05, 0.1) is 6.04 Å². The van der Waals surface area contributed by atoms with Crippen molar-refractivity contribution in [2.45, 2.75) is 37.9 Å². The number of hydrogen-bond acceptors (Lipinski definition) is 4. The van der Waals surface area contributed by atoms with Gasteiger partial charge in [-0.25, -0.2) is 0 Å². The van der Waals surface area contributed by atoms with E-state index in [0.29, 0.717) is 6.04 Å². The lowest BCUT2D eigenvalue weighted by atomic mass is 10.2. The Labute approximate surface area is 126 Å². The predicted molar refractivity (Wildman–Crippen MR) is 82.0 cm³/mol. The number of thioether (sulfide) groups is 1.